The number of hydrogen-bond acceptors (Lipinski definition) is 4. The van der Waals surface area contributed by atoms with E-state index in [1.807, 2.05) is 6.07 Å². The van der Waals surface area contributed by atoms with E-state index in [1.54, 1.807) is 31.1 Å². The predicted molar refractivity (Wildman–Crippen MR) is 63.9 cm³/mol. The lowest BCUT2D eigenvalue weighted by Gasteiger charge is -2.19. The highest BCUT2D eigenvalue weighted by Gasteiger charge is 2.10. The lowest BCUT2D eigenvalue weighted by Crippen LogP contribution is -2.33. The Morgan fingerprint density at radius 3 is 2.82 bits per heavy atom. The van der Waals surface area contributed by atoms with Crippen LogP contribution in [0, 0.1) is 11.3 Å². The second-order valence-electron chi connectivity index (χ2n) is 3.54. The van der Waals surface area contributed by atoms with Crippen molar-refractivity contribution in [3.63, 3.8) is 0 Å². The smallest absolute Gasteiger partial charge is 0.239 e. The maximum absolute atomic E-state index is 11.2. The van der Waals surface area contributed by atoms with E-state index in [0.29, 0.717) is 23.1 Å². The zero-order valence-corrected chi connectivity index (χ0v) is 9.73. The average molecular weight is 231 g/mol. The van der Waals surface area contributed by atoms with Crippen molar-refractivity contribution in [1.82, 2.24) is 5.32 Å². The van der Waals surface area contributed by atoms with Crippen molar-refractivity contribution in [2.24, 2.45) is 0 Å². The van der Waals surface area contributed by atoms with E-state index in [0.717, 1.165) is 0 Å². The Balaban J connectivity index is 3.01. The van der Waals surface area contributed by atoms with Gasteiger partial charge in [0.2, 0.25) is 5.91 Å². The van der Waals surface area contributed by atoms with E-state index in [9.17, 15) is 9.59 Å². The minimum absolute atomic E-state index is 0.143. The molecule has 17 heavy (non-hydrogen) atoms. The van der Waals surface area contributed by atoms with Gasteiger partial charge < -0.3 is 10.2 Å². The van der Waals surface area contributed by atoms with Crippen molar-refractivity contribution in [3.05, 3.63) is 29.3 Å². The van der Waals surface area contributed by atoms with Crippen molar-refractivity contribution < 1.29 is 9.59 Å². The summed E-state index contributed by atoms with van der Waals surface area (Å²) in [5.41, 5.74) is 1.45. The number of nitriles is 1. The highest BCUT2D eigenvalue weighted by atomic mass is 16.1. The Hall–Kier alpha value is -2.35. The zero-order chi connectivity index (χ0) is 12.8. The molecule has 0 heterocycles. The first kappa shape index (κ1) is 12.7. The van der Waals surface area contributed by atoms with Gasteiger partial charge in [0.15, 0.2) is 0 Å². The average Bonchev–Trinajstić information content (AvgIpc) is 2.37. The number of likely N-dealkylation sites (N-methyl/N-ethyl adjacent to an activating group) is 2. The van der Waals surface area contributed by atoms with Crippen LogP contribution in [0.15, 0.2) is 18.2 Å². The van der Waals surface area contributed by atoms with Gasteiger partial charge in [-0.15, -0.1) is 0 Å². The quantitative estimate of drug-likeness (QED) is 0.768. The molecule has 1 amide bonds. The van der Waals surface area contributed by atoms with E-state index in [-0.39, 0.29) is 12.5 Å². The monoisotopic (exact) mass is 231 g/mol. The molecule has 0 aliphatic carbocycles. The van der Waals surface area contributed by atoms with Crippen LogP contribution in [0.4, 0.5) is 5.69 Å². The normalized spacial score (nSPS) is 9.24. The Bertz CT molecular complexity index is 477. The van der Waals surface area contributed by atoms with Crippen molar-refractivity contribution in [2.75, 3.05) is 25.5 Å². The first-order valence-electron chi connectivity index (χ1n) is 5.03. The molecule has 0 bridgehead atoms. The molecule has 0 saturated heterocycles. The number of aldehydes is 1. The van der Waals surface area contributed by atoms with Crippen LogP contribution < -0.4 is 10.2 Å². The molecule has 88 valence electrons. The Morgan fingerprint density at radius 1 is 1.59 bits per heavy atom. The maximum atomic E-state index is 11.2. The van der Waals surface area contributed by atoms with Gasteiger partial charge in [0.05, 0.1) is 17.8 Å². The molecule has 1 rings (SSSR count). The van der Waals surface area contributed by atoms with Gasteiger partial charge in [-0.2, -0.15) is 5.26 Å². The SMILES string of the molecule is CNC(=O)CN(C)c1ccc(C=O)cc1C#N. The summed E-state index contributed by atoms with van der Waals surface area (Å²) >= 11 is 0. The van der Waals surface area contributed by atoms with Crippen molar-refractivity contribution in [1.29, 1.82) is 5.26 Å². The zero-order valence-electron chi connectivity index (χ0n) is 9.73. The van der Waals surface area contributed by atoms with Crippen LogP contribution in [0.25, 0.3) is 0 Å². The van der Waals surface area contributed by atoms with Crippen LogP contribution in [0.2, 0.25) is 0 Å². The topological polar surface area (TPSA) is 73.2 Å². The molecule has 0 unspecified atom stereocenters. The number of nitrogens with zero attached hydrogens (tertiary/aromatic N) is 2. The molecule has 0 aliphatic rings. The Labute approximate surface area is 99.6 Å². The van der Waals surface area contributed by atoms with Crippen LogP contribution in [-0.4, -0.2) is 32.8 Å². The fraction of sp³-hybridized carbons (Fsp3) is 0.250. The molecular formula is C12H13N3O2. The second-order valence-corrected chi connectivity index (χ2v) is 3.54. The lowest BCUT2D eigenvalue weighted by molar-refractivity contribution is -0.119. The van der Waals surface area contributed by atoms with Crippen molar-refractivity contribution in [3.8, 4) is 6.07 Å². The Morgan fingerprint density at radius 2 is 2.29 bits per heavy atom. The van der Waals surface area contributed by atoms with Crippen LogP contribution in [0.3, 0.4) is 0 Å². The molecule has 0 saturated carbocycles. The van der Waals surface area contributed by atoms with Crippen LogP contribution >= 0.6 is 0 Å². The number of carbonyl (C=O) groups is 2. The van der Waals surface area contributed by atoms with Crippen molar-refractivity contribution >= 4 is 17.9 Å². The van der Waals surface area contributed by atoms with E-state index < -0.39 is 0 Å². The molecule has 1 aromatic rings. The van der Waals surface area contributed by atoms with Gasteiger partial charge in [0.25, 0.3) is 0 Å². The molecular weight excluding hydrogens is 218 g/mol. The molecule has 0 aromatic heterocycles. The fourth-order valence-corrected chi connectivity index (χ4v) is 1.43. The third kappa shape index (κ3) is 3.05. The summed E-state index contributed by atoms with van der Waals surface area (Å²) in [5.74, 6) is -0.143. The van der Waals surface area contributed by atoms with Crippen LogP contribution in [-0.2, 0) is 4.79 Å². The van der Waals surface area contributed by atoms with Gasteiger partial charge in [0, 0.05) is 19.7 Å². The number of carbonyl (C=O) groups excluding carboxylic acids is 2. The molecule has 0 aliphatic heterocycles. The van der Waals surface area contributed by atoms with Crippen LogP contribution in [0.5, 0.6) is 0 Å². The van der Waals surface area contributed by atoms with Gasteiger partial charge in [-0.05, 0) is 18.2 Å². The molecule has 5 nitrogen and oxygen atoms in total. The van der Waals surface area contributed by atoms with Crippen molar-refractivity contribution in [2.45, 2.75) is 0 Å². The van der Waals surface area contributed by atoms with Gasteiger partial charge in [-0.1, -0.05) is 0 Å². The van der Waals surface area contributed by atoms with E-state index in [1.165, 1.54) is 6.07 Å². The maximum Gasteiger partial charge on any atom is 0.239 e. The molecule has 5 heteroatoms. The fourth-order valence-electron chi connectivity index (χ4n) is 1.43. The minimum Gasteiger partial charge on any atom is -0.364 e. The number of rotatable bonds is 4. The summed E-state index contributed by atoms with van der Waals surface area (Å²) in [6, 6.07) is 6.79. The van der Waals surface area contributed by atoms with Gasteiger partial charge in [-0.25, -0.2) is 0 Å². The van der Waals surface area contributed by atoms with Gasteiger partial charge >= 0.3 is 0 Å². The first-order chi connectivity index (χ1) is 8.12. The highest BCUT2D eigenvalue weighted by molar-refractivity contribution is 5.83. The summed E-state index contributed by atoms with van der Waals surface area (Å²) in [7, 11) is 3.27. The number of nitrogens with one attached hydrogen (secondary N) is 1. The number of hydrogen-bond donors (Lipinski definition) is 1. The summed E-state index contributed by atoms with van der Waals surface area (Å²) < 4.78 is 0. The number of benzene rings is 1. The summed E-state index contributed by atoms with van der Waals surface area (Å²) in [4.78, 5) is 23.5. The standard InChI is InChI=1S/C12H13N3O2/c1-14-12(17)7-15(2)11-4-3-9(8-16)5-10(11)6-13/h3-5,8H,7H2,1-2H3,(H,14,17). The summed E-state index contributed by atoms with van der Waals surface area (Å²) in [6.45, 7) is 0.158. The summed E-state index contributed by atoms with van der Waals surface area (Å²) in [6.07, 6.45) is 0.684. The molecule has 1 aromatic carbocycles. The second kappa shape index (κ2) is 5.66. The molecule has 0 radical (unpaired) electrons. The molecule has 1 N–H and O–H groups in total. The van der Waals surface area contributed by atoms with E-state index in [2.05, 4.69) is 5.32 Å². The van der Waals surface area contributed by atoms with E-state index in [4.69, 9.17) is 5.26 Å². The minimum atomic E-state index is -0.143. The Kier molecular flexibility index (Phi) is 4.23. The number of amides is 1. The van der Waals surface area contributed by atoms with Gasteiger partial charge in [-0.3, -0.25) is 9.59 Å². The number of anilines is 1. The molecule has 0 spiro atoms. The van der Waals surface area contributed by atoms with Gasteiger partial charge in [0.1, 0.15) is 12.4 Å². The third-order valence-corrected chi connectivity index (χ3v) is 2.35. The van der Waals surface area contributed by atoms with E-state index >= 15 is 0 Å². The largest absolute Gasteiger partial charge is 0.364 e. The summed E-state index contributed by atoms with van der Waals surface area (Å²) in [5, 5.41) is 11.5. The highest BCUT2D eigenvalue weighted by Crippen LogP contribution is 2.19. The lowest BCUT2D eigenvalue weighted by atomic mass is 10.1. The molecule has 0 fully saturated rings. The molecule has 0 atom stereocenters. The predicted octanol–water partition coefficient (Wildman–Crippen LogP) is 0.553. The third-order valence-electron chi connectivity index (χ3n) is 2.35. The van der Waals surface area contributed by atoms with Crippen LogP contribution in [0.1, 0.15) is 15.9 Å². The first-order valence-corrected chi connectivity index (χ1v) is 5.03.